The molecule has 0 aromatic heterocycles. The summed E-state index contributed by atoms with van der Waals surface area (Å²) in [5.41, 5.74) is 6.76. The first-order valence-electron chi connectivity index (χ1n) is 15.7. The number of carbonyl (C=O) groups excluding carboxylic acids is 1. The van der Waals surface area contributed by atoms with Gasteiger partial charge in [0.15, 0.2) is 0 Å². The number of aryl methyl sites for hydroxylation is 4. The number of rotatable bonds is 12. The van der Waals surface area contributed by atoms with Crippen LogP contribution in [0, 0.1) is 0 Å². The van der Waals surface area contributed by atoms with Crippen molar-refractivity contribution in [2.75, 3.05) is 0 Å². The number of benzene rings is 2. The molecule has 3 heteroatoms. The first kappa shape index (κ1) is 28.7. The predicted molar refractivity (Wildman–Crippen MR) is 157 cm³/mol. The van der Waals surface area contributed by atoms with Gasteiger partial charge >= 0.3 is 6.16 Å². The minimum atomic E-state index is -0.566. The fourth-order valence-corrected chi connectivity index (χ4v) is 7.11. The largest absolute Gasteiger partial charge is 0.510 e. The Hall–Kier alpha value is -2.29. The van der Waals surface area contributed by atoms with Crippen LogP contribution in [0.25, 0.3) is 0 Å². The van der Waals surface area contributed by atoms with Gasteiger partial charge in [-0.05, 0) is 110 Å². The minimum absolute atomic E-state index is 0.478. The summed E-state index contributed by atoms with van der Waals surface area (Å²) >= 11 is 0. The maximum absolute atomic E-state index is 13.7. The lowest BCUT2D eigenvalue weighted by Crippen LogP contribution is -2.36. The number of carbonyl (C=O) groups is 1. The van der Waals surface area contributed by atoms with Gasteiger partial charge in [0.2, 0.25) is 0 Å². The quantitative estimate of drug-likeness (QED) is 0.262. The zero-order valence-corrected chi connectivity index (χ0v) is 24.5. The maximum Gasteiger partial charge on any atom is 0.510 e. The van der Waals surface area contributed by atoms with Gasteiger partial charge in [-0.15, -0.1) is 0 Å². The van der Waals surface area contributed by atoms with Crippen molar-refractivity contribution in [2.45, 2.75) is 142 Å². The maximum atomic E-state index is 13.7. The Balaban J connectivity index is 1.63. The molecular formula is C35H50O3. The standard InChI is InChI=1S/C35H50O3/c1-5-13-27-17-19-31(29(25-27)15-7-3)34(21-9-10-22-34)37-33(36)38-35(23-11-12-24-35)32-20-18-28(14-6-2)26-30(32)16-8-4/h17-20,25-26H,5-16,21-24H2,1-4H3. The second-order valence-electron chi connectivity index (χ2n) is 11.8. The number of hydrogen-bond acceptors (Lipinski definition) is 3. The average molecular weight is 519 g/mol. The molecule has 0 atom stereocenters. The average Bonchev–Trinajstić information content (AvgIpc) is 3.56. The van der Waals surface area contributed by atoms with Crippen LogP contribution in [-0.4, -0.2) is 6.16 Å². The van der Waals surface area contributed by atoms with E-state index in [0.29, 0.717) is 0 Å². The first-order chi connectivity index (χ1) is 18.5. The third kappa shape index (κ3) is 6.29. The summed E-state index contributed by atoms with van der Waals surface area (Å²) in [4.78, 5) is 13.7. The fraction of sp³-hybridized carbons (Fsp3) is 0.629. The molecular weight excluding hydrogens is 468 g/mol. The Morgan fingerprint density at radius 1 is 0.605 bits per heavy atom. The summed E-state index contributed by atoms with van der Waals surface area (Å²) in [5, 5.41) is 0. The smallest absolute Gasteiger partial charge is 0.423 e. The molecule has 2 fully saturated rings. The van der Waals surface area contributed by atoms with E-state index in [4.69, 9.17) is 9.47 Å². The molecule has 2 saturated carbocycles. The second-order valence-corrected chi connectivity index (χ2v) is 11.8. The summed E-state index contributed by atoms with van der Waals surface area (Å²) < 4.78 is 13.0. The first-order valence-corrected chi connectivity index (χ1v) is 15.7. The van der Waals surface area contributed by atoms with Crippen molar-refractivity contribution in [3.05, 3.63) is 69.8 Å². The number of hydrogen-bond donors (Lipinski definition) is 0. The molecule has 3 nitrogen and oxygen atoms in total. The summed E-state index contributed by atoms with van der Waals surface area (Å²) in [6.07, 6.45) is 16.0. The Labute approximate surface area is 231 Å². The zero-order valence-electron chi connectivity index (χ0n) is 24.5. The van der Waals surface area contributed by atoms with Crippen molar-refractivity contribution in [1.29, 1.82) is 0 Å². The third-order valence-corrected chi connectivity index (χ3v) is 8.82. The van der Waals surface area contributed by atoms with Crippen molar-refractivity contribution >= 4 is 6.16 Å². The molecule has 2 aromatic carbocycles. The Kier molecular flexibility index (Phi) is 9.96. The van der Waals surface area contributed by atoms with E-state index >= 15 is 0 Å². The molecule has 0 bridgehead atoms. The van der Waals surface area contributed by atoms with Crippen LogP contribution >= 0.6 is 0 Å². The minimum Gasteiger partial charge on any atom is -0.423 e. The summed E-state index contributed by atoms with van der Waals surface area (Å²) in [5.74, 6) is 0. The van der Waals surface area contributed by atoms with Crippen LogP contribution < -0.4 is 0 Å². The van der Waals surface area contributed by atoms with Crippen LogP contribution in [0.5, 0.6) is 0 Å². The monoisotopic (exact) mass is 518 g/mol. The van der Waals surface area contributed by atoms with E-state index in [1.54, 1.807) is 0 Å². The molecule has 0 spiro atoms. The van der Waals surface area contributed by atoms with Gasteiger partial charge in [-0.25, -0.2) is 4.79 Å². The fourth-order valence-electron chi connectivity index (χ4n) is 7.11. The molecule has 208 valence electrons. The summed E-state index contributed by atoms with van der Waals surface area (Å²) in [7, 11) is 0. The molecule has 0 saturated heterocycles. The van der Waals surface area contributed by atoms with E-state index in [9.17, 15) is 4.79 Å². The van der Waals surface area contributed by atoms with Gasteiger partial charge in [0.1, 0.15) is 11.2 Å². The SMILES string of the molecule is CCCc1ccc(C2(OC(=O)OC3(c4ccc(CCC)cc4CCC)CCCC3)CCCC2)c(CCC)c1. The predicted octanol–water partition coefficient (Wildman–Crippen LogP) is 9.89. The van der Waals surface area contributed by atoms with Crippen molar-refractivity contribution in [2.24, 2.45) is 0 Å². The molecule has 38 heavy (non-hydrogen) atoms. The number of ether oxygens (including phenoxy) is 2. The van der Waals surface area contributed by atoms with Gasteiger partial charge in [0.05, 0.1) is 0 Å². The highest BCUT2D eigenvalue weighted by atomic mass is 16.7. The molecule has 0 aliphatic heterocycles. The Morgan fingerprint density at radius 3 is 1.32 bits per heavy atom. The van der Waals surface area contributed by atoms with Crippen LogP contribution in [0.15, 0.2) is 36.4 Å². The molecule has 0 unspecified atom stereocenters. The topological polar surface area (TPSA) is 35.5 Å². The molecule has 2 aliphatic carbocycles. The Morgan fingerprint density at radius 2 is 0.974 bits per heavy atom. The molecule has 4 rings (SSSR count). The van der Waals surface area contributed by atoms with Crippen molar-refractivity contribution in [1.82, 2.24) is 0 Å². The zero-order chi connectivity index (χ0) is 27.0. The molecule has 0 N–H and O–H groups in total. The van der Waals surface area contributed by atoms with E-state index in [1.807, 2.05) is 0 Å². The van der Waals surface area contributed by atoms with Crippen LogP contribution in [0.4, 0.5) is 4.79 Å². The van der Waals surface area contributed by atoms with Crippen LogP contribution in [0.1, 0.15) is 138 Å². The van der Waals surface area contributed by atoms with Gasteiger partial charge in [-0.2, -0.15) is 0 Å². The van der Waals surface area contributed by atoms with Crippen LogP contribution in [-0.2, 0) is 46.4 Å². The highest BCUT2D eigenvalue weighted by Gasteiger charge is 2.46. The molecule has 0 heterocycles. The molecule has 2 aromatic rings. The van der Waals surface area contributed by atoms with Gasteiger partial charge in [0.25, 0.3) is 0 Å². The van der Waals surface area contributed by atoms with E-state index in [-0.39, 0.29) is 0 Å². The third-order valence-electron chi connectivity index (χ3n) is 8.82. The second kappa shape index (κ2) is 13.2. The molecule has 0 radical (unpaired) electrons. The highest BCUT2D eigenvalue weighted by molar-refractivity contribution is 5.63. The van der Waals surface area contributed by atoms with Crippen LogP contribution in [0.3, 0.4) is 0 Å². The lowest BCUT2D eigenvalue weighted by atomic mass is 9.85. The lowest BCUT2D eigenvalue weighted by molar-refractivity contribution is -0.0841. The van der Waals surface area contributed by atoms with E-state index in [0.717, 1.165) is 103 Å². The van der Waals surface area contributed by atoms with Gasteiger partial charge < -0.3 is 9.47 Å². The molecule has 2 aliphatic rings. The summed E-state index contributed by atoms with van der Waals surface area (Å²) in [6, 6.07) is 13.7. The van der Waals surface area contributed by atoms with E-state index in [1.165, 1.54) is 33.4 Å². The van der Waals surface area contributed by atoms with E-state index < -0.39 is 17.4 Å². The van der Waals surface area contributed by atoms with Crippen molar-refractivity contribution < 1.29 is 14.3 Å². The molecule has 0 amide bonds. The van der Waals surface area contributed by atoms with Crippen molar-refractivity contribution in [3.63, 3.8) is 0 Å². The van der Waals surface area contributed by atoms with Crippen molar-refractivity contribution in [3.8, 4) is 0 Å². The normalized spacial score (nSPS) is 18.0. The lowest BCUT2D eigenvalue weighted by Gasteiger charge is -2.35. The van der Waals surface area contributed by atoms with Gasteiger partial charge in [-0.3, -0.25) is 0 Å². The highest BCUT2D eigenvalue weighted by Crippen LogP contribution is 2.47. The Bertz CT molecular complexity index is 973. The van der Waals surface area contributed by atoms with E-state index in [2.05, 4.69) is 64.1 Å². The van der Waals surface area contributed by atoms with Crippen LogP contribution in [0.2, 0.25) is 0 Å². The summed E-state index contributed by atoms with van der Waals surface area (Å²) in [6.45, 7) is 8.92. The van der Waals surface area contributed by atoms with Gasteiger partial charge in [-0.1, -0.05) is 89.8 Å². The van der Waals surface area contributed by atoms with Gasteiger partial charge in [0, 0.05) is 0 Å².